The highest BCUT2D eigenvalue weighted by Gasteiger charge is 2.12. The van der Waals surface area contributed by atoms with Crippen LogP contribution < -0.4 is 14.9 Å². The minimum absolute atomic E-state index is 0.0348. The normalized spacial score (nSPS) is 10.6. The Hall–Kier alpha value is -2.54. The van der Waals surface area contributed by atoms with Crippen LogP contribution in [-0.4, -0.2) is 31.4 Å². The first-order chi connectivity index (χ1) is 11.0. The second kappa shape index (κ2) is 7.64. The van der Waals surface area contributed by atoms with E-state index in [0.29, 0.717) is 22.6 Å². The molecule has 0 aromatic heterocycles. The molecule has 120 valence electrons. The predicted molar refractivity (Wildman–Crippen MR) is 90.4 cm³/mol. The lowest BCUT2D eigenvalue weighted by atomic mass is 10.2. The van der Waals surface area contributed by atoms with Crippen LogP contribution in [0.15, 0.2) is 46.0 Å². The van der Waals surface area contributed by atoms with Gasteiger partial charge in [0.1, 0.15) is 5.75 Å². The average Bonchev–Trinajstić information content (AvgIpc) is 2.56. The van der Waals surface area contributed by atoms with Gasteiger partial charge < -0.3 is 14.6 Å². The van der Waals surface area contributed by atoms with E-state index in [9.17, 15) is 9.90 Å². The maximum atomic E-state index is 12.2. The first-order valence-corrected chi connectivity index (χ1v) is 7.38. The van der Waals surface area contributed by atoms with Crippen molar-refractivity contribution >= 4 is 28.1 Å². The summed E-state index contributed by atoms with van der Waals surface area (Å²) in [7, 11) is 2.95. The number of phenolic OH excluding ortho intramolecular Hbond substituents is 1. The number of amides is 1. The number of aromatic hydroxyl groups is 1. The molecule has 1 amide bonds. The van der Waals surface area contributed by atoms with E-state index in [2.05, 4.69) is 26.5 Å². The van der Waals surface area contributed by atoms with Gasteiger partial charge in [0.25, 0.3) is 5.91 Å². The van der Waals surface area contributed by atoms with Gasteiger partial charge in [0.2, 0.25) is 0 Å². The third kappa shape index (κ3) is 4.23. The van der Waals surface area contributed by atoms with E-state index < -0.39 is 5.91 Å². The molecule has 0 fully saturated rings. The first kappa shape index (κ1) is 16.8. The number of halogens is 1. The second-order valence-corrected chi connectivity index (χ2v) is 5.39. The minimum atomic E-state index is -0.398. The molecular weight excluding hydrogens is 364 g/mol. The van der Waals surface area contributed by atoms with Crippen LogP contribution in [-0.2, 0) is 0 Å². The number of benzene rings is 2. The van der Waals surface area contributed by atoms with Crippen molar-refractivity contribution in [3.05, 3.63) is 52.0 Å². The van der Waals surface area contributed by atoms with Crippen molar-refractivity contribution in [2.75, 3.05) is 14.2 Å². The van der Waals surface area contributed by atoms with Gasteiger partial charge in [-0.25, -0.2) is 5.43 Å². The largest absolute Gasteiger partial charge is 0.504 e. The summed E-state index contributed by atoms with van der Waals surface area (Å²) in [5, 5.41) is 13.4. The first-order valence-electron chi connectivity index (χ1n) is 6.59. The van der Waals surface area contributed by atoms with Gasteiger partial charge in [0, 0.05) is 4.47 Å². The Morgan fingerprint density at radius 3 is 2.61 bits per heavy atom. The summed E-state index contributed by atoms with van der Waals surface area (Å²) < 4.78 is 10.9. The zero-order valence-corrected chi connectivity index (χ0v) is 14.1. The monoisotopic (exact) mass is 378 g/mol. The van der Waals surface area contributed by atoms with E-state index in [0.717, 1.165) is 4.47 Å². The van der Waals surface area contributed by atoms with Crippen LogP contribution in [0.5, 0.6) is 17.2 Å². The zero-order valence-electron chi connectivity index (χ0n) is 12.5. The minimum Gasteiger partial charge on any atom is -0.504 e. The van der Waals surface area contributed by atoms with E-state index in [1.54, 1.807) is 30.3 Å². The number of carbonyl (C=O) groups is 1. The Morgan fingerprint density at radius 2 is 1.91 bits per heavy atom. The van der Waals surface area contributed by atoms with E-state index in [1.807, 2.05) is 0 Å². The van der Waals surface area contributed by atoms with Crippen molar-refractivity contribution in [1.29, 1.82) is 0 Å². The summed E-state index contributed by atoms with van der Waals surface area (Å²) in [4.78, 5) is 12.2. The van der Waals surface area contributed by atoms with Crippen LogP contribution in [0.3, 0.4) is 0 Å². The quantitative estimate of drug-likeness (QED) is 0.619. The number of methoxy groups -OCH3 is 2. The maximum Gasteiger partial charge on any atom is 0.275 e. The molecule has 2 N–H and O–H groups in total. The van der Waals surface area contributed by atoms with Crippen LogP contribution in [0.4, 0.5) is 0 Å². The molecule has 0 aliphatic carbocycles. The Morgan fingerprint density at radius 1 is 1.17 bits per heavy atom. The van der Waals surface area contributed by atoms with Gasteiger partial charge in [-0.3, -0.25) is 4.79 Å². The van der Waals surface area contributed by atoms with Gasteiger partial charge in [-0.15, -0.1) is 0 Å². The van der Waals surface area contributed by atoms with Crippen molar-refractivity contribution in [3.63, 3.8) is 0 Å². The van der Waals surface area contributed by atoms with Gasteiger partial charge in [-0.05, 0) is 42.0 Å². The Balaban J connectivity index is 2.11. The summed E-state index contributed by atoms with van der Waals surface area (Å²) in [6.07, 6.45) is 1.45. The summed E-state index contributed by atoms with van der Waals surface area (Å²) in [5.74, 6) is 0.416. The number of hydrogen-bond acceptors (Lipinski definition) is 5. The van der Waals surface area contributed by atoms with Crippen molar-refractivity contribution in [2.24, 2.45) is 5.10 Å². The highest BCUT2D eigenvalue weighted by Crippen LogP contribution is 2.25. The van der Waals surface area contributed by atoms with E-state index in [1.165, 1.54) is 26.5 Å². The molecule has 0 spiro atoms. The van der Waals surface area contributed by atoms with Gasteiger partial charge in [-0.2, -0.15) is 5.10 Å². The Kier molecular flexibility index (Phi) is 5.59. The topological polar surface area (TPSA) is 80.2 Å². The molecule has 0 saturated carbocycles. The average molecular weight is 379 g/mol. The lowest BCUT2D eigenvalue weighted by Crippen LogP contribution is -2.18. The molecule has 23 heavy (non-hydrogen) atoms. The fourth-order valence-corrected chi connectivity index (χ4v) is 2.22. The van der Waals surface area contributed by atoms with Crippen LogP contribution in [0.1, 0.15) is 15.9 Å². The lowest BCUT2D eigenvalue weighted by Gasteiger charge is -2.07. The van der Waals surface area contributed by atoms with Crippen molar-refractivity contribution in [1.82, 2.24) is 5.43 Å². The van der Waals surface area contributed by atoms with Gasteiger partial charge >= 0.3 is 0 Å². The number of hydrazone groups is 1. The Bertz CT molecular complexity index is 747. The summed E-state index contributed by atoms with van der Waals surface area (Å²) in [6.45, 7) is 0. The van der Waals surface area contributed by atoms with Crippen LogP contribution >= 0.6 is 15.9 Å². The molecule has 2 aromatic carbocycles. The number of nitrogens with zero attached hydrogens (tertiary/aromatic N) is 1. The summed E-state index contributed by atoms with van der Waals surface area (Å²) in [6, 6.07) is 9.85. The summed E-state index contributed by atoms with van der Waals surface area (Å²) in [5.41, 5.74) is 3.46. The number of hydrogen-bond donors (Lipinski definition) is 2. The second-order valence-electron chi connectivity index (χ2n) is 4.48. The predicted octanol–water partition coefficient (Wildman–Crippen LogP) is 2.94. The molecular formula is C16H15BrN2O4. The Labute approximate surface area is 141 Å². The standard InChI is InChI=1S/C16H15BrN2O4/c1-22-14-6-4-11(17)8-12(14)16(21)19-18-9-10-3-5-13(20)15(7-10)23-2/h3-9,20H,1-2H3,(H,19,21)/b18-9-. The molecule has 0 heterocycles. The van der Waals surface area contributed by atoms with Crippen LogP contribution in [0.25, 0.3) is 0 Å². The van der Waals surface area contributed by atoms with Crippen molar-refractivity contribution in [3.8, 4) is 17.2 Å². The molecule has 7 heteroatoms. The molecule has 0 radical (unpaired) electrons. The molecule has 6 nitrogen and oxygen atoms in total. The lowest BCUT2D eigenvalue weighted by molar-refractivity contribution is 0.0952. The van der Waals surface area contributed by atoms with Crippen molar-refractivity contribution < 1.29 is 19.4 Å². The third-order valence-electron chi connectivity index (χ3n) is 2.99. The van der Waals surface area contributed by atoms with E-state index in [4.69, 9.17) is 9.47 Å². The van der Waals surface area contributed by atoms with Gasteiger partial charge in [0.05, 0.1) is 26.0 Å². The molecule has 0 saturated heterocycles. The molecule has 2 rings (SSSR count). The van der Waals surface area contributed by atoms with Crippen LogP contribution in [0.2, 0.25) is 0 Å². The molecule has 0 unspecified atom stereocenters. The maximum absolute atomic E-state index is 12.2. The van der Waals surface area contributed by atoms with Gasteiger partial charge in [-0.1, -0.05) is 15.9 Å². The SMILES string of the molecule is COc1cc(/C=N\NC(=O)c2cc(Br)ccc2OC)ccc1O. The number of phenols is 1. The van der Waals surface area contributed by atoms with Crippen molar-refractivity contribution in [2.45, 2.75) is 0 Å². The highest BCUT2D eigenvalue weighted by atomic mass is 79.9. The number of carbonyl (C=O) groups excluding carboxylic acids is 1. The zero-order chi connectivity index (χ0) is 16.8. The fourth-order valence-electron chi connectivity index (χ4n) is 1.86. The molecule has 0 atom stereocenters. The molecule has 0 bridgehead atoms. The molecule has 0 aliphatic heterocycles. The highest BCUT2D eigenvalue weighted by molar-refractivity contribution is 9.10. The van der Waals surface area contributed by atoms with E-state index in [-0.39, 0.29) is 5.75 Å². The molecule has 0 aliphatic rings. The van der Waals surface area contributed by atoms with E-state index >= 15 is 0 Å². The number of rotatable bonds is 5. The number of nitrogens with one attached hydrogen (secondary N) is 1. The number of ether oxygens (including phenoxy) is 2. The van der Waals surface area contributed by atoms with Gasteiger partial charge in [0.15, 0.2) is 11.5 Å². The fraction of sp³-hybridized carbons (Fsp3) is 0.125. The van der Waals surface area contributed by atoms with Crippen LogP contribution in [0, 0.1) is 0 Å². The summed E-state index contributed by atoms with van der Waals surface area (Å²) >= 11 is 3.31. The smallest absolute Gasteiger partial charge is 0.275 e. The molecule has 2 aromatic rings. The third-order valence-corrected chi connectivity index (χ3v) is 3.48.